The number of hydrogen-bond acceptors (Lipinski definition) is 3. The molecule has 0 aromatic heterocycles. The third-order valence-electron chi connectivity index (χ3n) is 6.28. The largest absolute Gasteiger partial charge is 0.342 e. The second-order valence-corrected chi connectivity index (χ2v) is 9.41. The average molecular weight is 427 g/mol. The molecule has 2 fully saturated rings. The van der Waals surface area contributed by atoms with E-state index in [1.165, 1.54) is 12.1 Å². The number of likely N-dealkylation sites (tertiary alicyclic amines) is 1. The zero-order chi connectivity index (χ0) is 21.1. The molecule has 0 bridgehead atoms. The van der Waals surface area contributed by atoms with Crippen LogP contribution in [0.25, 0.3) is 0 Å². The minimum Gasteiger partial charge on any atom is -0.342 e. The van der Waals surface area contributed by atoms with Gasteiger partial charge in [0.15, 0.2) is 0 Å². The smallest absolute Gasteiger partial charge is 0.254 e. The molecule has 6 heteroatoms. The molecule has 2 aliphatic heterocycles. The van der Waals surface area contributed by atoms with Gasteiger partial charge in [0.2, 0.25) is 5.91 Å². The van der Waals surface area contributed by atoms with Crippen molar-refractivity contribution >= 4 is 23.6 Å². The Bertz CT molecular complexity index is 895. The molecule has 0 radical (unpaired) electrons. The molecule has 2 aromatic carbocycles. The molecular weight excluding hydrogens is 399 g/mol. The second kappa shape index (κ2) is 8.80. The van der Waals surface area contributed by atoms with Gasteiger partial charge in [-0.05, 0) is 49.1 Å². The summed E-state index contributed by atoms with van der Waals surface area (Å²) in [5, 5.41) is 0. The molecule has 2 aromatic rings. The van der Waals surface area contributed by atoms with Gasteiger partial charge >= 0.3 is 0 Å². The van der Waals surface area contributed by atoms with Crippen LogP contribution in [0.1, 0.15) is 48.0 Å². The highest BCUT2D eigenvalue weighted by Gasteiger charge is 2.47. The van der Waals surface area contributed by atoms with E-state index in [1.54, 1.807) is 12.1 Å². The summed E-state index contributed by atoms with van der Waals surface area (Å²) in [4.78, 5) is 29.9. The molecule has 0 saturated carbocycles. The molecule has 158 valence electrons. The Hall–Kier alpha value is -2.34. The SMILES string of the molecule is CC[C@H](C(=O)N1CCC2(CC1)SCCN2C(=O)c1ccc(F)cc1)c1ccccc1. The van der Waals surface area contributed by atoms with Crippen LogP contribution in [0.15, 0.2) is 54.6 Å². The summed E-state index contributed by atoms with van der Waals surface area (Å²) in [5.41, 5.74) is 1.58. The molecule has 2 heterocycles. The Kier molecular flexibility index (Phi) is 6.14. The molecule has 2 saturated heterocycles. The number of piperidine rings is 1. The molecular formula is C24H27FN2O2S. The number of rotatable bonds is 4. The van der Waals surface area contributed by atoms with Crippen molar-refractivity contribution in [2.75, 3.05) is 25.4 Å². The monoisotopic (exact) mass is 426 g/mol. The van der Waals surface area contributed by atoms with Crippen LogP contribution in [-0.4, -0.2) is 51.9 Å². The summed E-state index contributed by atoms with van der Waals surface area (Å²) in [6.07, 6.45) is 2.30. The van der Waals surface area contributed by atoms with Gasteiger partial charge in [-0.3, -0.25) is 9.59 Å². The third kappa shape index (κ3) is 3.97. The lowest BCUT2D eigenvalue weighted by Gasteiger charge is -2.44. The minimum atomic E-state index is -0.340. The van der Waals surface area contributed by atoms with Crippen molar-refractivity contribution in [3.05, 3.63) is 71.5 Å². The van der Waals surface area contributed by atoms with E-state index in [0.29, 0.717) is 25.2 Å². The number of hydrogen-bond donors (Lipinski definition) is 0. The Morgan fingerprint density at radius 1 is 1.03 bits per heavy atom. The van der Waals surface area contributed by atoms with Gasteiger partial charge in [0.25, 0.3) is 5.91 Å². The van der Waals surface area contributed by atoms with Crippen molar-refractivity contribution in [2.24, 2.45) is 0 Å². The molecule has 0 aliphatic carbocycles. The highest BCUT2D eigenvalue weighted by molar-refractivity contribution is 8.00. The highest BCUT2D eigenvalue weighted by Crippen LogP contribution is 2.45. The molecule has 1 atom stereocenters. The minimum absolute atomic E-state index is 0.0458. The molecule has 4 nitrogen and oxygen atoms in total. The number of nitrogens with zero attached hydrogens (tertiary/aromatic N) is 2. The van der Waals surface area contributed by atoms with E-state index in [4.69, 9.17) is 0 Å². The van der Waals surface area contributed by atoms with Crippen LogP contribution in [0.2, 0.25) is 0 Å². The van der Waals surface area contributed by atoms with E-state index >= 15 is 0 Å². The molecule has 4 rings (SSSR count). The summed E-state index contributed by atoms with van der Waals surface area (Å²) < 4.78 is 13.2. The van der Waals surface area contributed by atoms with Crippen molar-refractivity contribution in [3.8, 4) is 0 Å². The van der Waals surface area contributed by atoms with Crippen LogP contribution in [0, 0.1) is 5.82 Å². The fraction of sp³-hybridized carbons (Fsp3) is 0.417. The van der Waals surface area contributed by atoms with Gasteiger partial charge in [0, 0.05) is 31.0 Å². The lowest BCUT2D eigenvalue weighted by molar-refractivity contribution is -0.134. The fourth-order valence-electron chi connectivity index (χ4n) is 4.59. The van der Waals surface area contributed by atoms with E-state index in [9.17, 15) is 14.0 Å². The zero-order valence-electron chi connectivity index (χ0n) is 17.2. The quantitative estimate of drug-likeness (QED) is 0.721. The van der Waals surface area contributed by atoms with Crippen molar-refractivity contribution in [1.82, 2.24) is 9.80 Å². The molecule has 0 N–H and O–H groups in total. The number of carbonyl (C=O) groups is 2. The second-order valence-electron chi connectivity index (χ2n) is 7.96. The lowest BCUT2D eigenvalue weighted by Crippen LogP contribution is -2.54. The normalized spacial score (nSPS) is 19.1. The van der Waals surface area contributed by atoms with Gasteiger partial charge in [0.1, 0.15) is 5.82 Å². The molecule has 1 spiro atoms. The van der Waals surface area contributed by atoms with Crippen molar-refractivity contribution in [1.29, 1.82) is 0 Å². The van der Waals surface area contributed by atoms with E-state index in [1.807, 2.05) is 51.9 Å². The van der Waals surface area contributed by atoms with E-state index in [2.05, 4.69) is 6.92 Å². The molecule has 2 aliphatic rings. The number of amides is 2. The van der Waals surface area contributed by atoms with Gasteiger partial charge in [-0.25, -0.2) is 4.39 Å². The number of benzene rings is 2. The zero-order valence-corrected chi connectivity index (χ0v) is 18.0. The van der Waals surface area contributed by atoms with Crippen molar-refractivity contribution < 1.29 is 14.0 Å². The van der Waals surface area contributed by atoms with Gasteiger partial charge in [-0.2, -0.15) is 0 Å². The molecule has 0 unspecified atom stereocenters. The Morgan fingerprint density at radius 3 is 2.33 bits per heavy atom. The predicted molar refractivity (Wildman–Crippen MR) is 118 cm³/mol. The summed E-state index contributed by atoms with van der Waals surface area (Å²) >= 11 is 1.82. The first kappa shape index (κ1) is 20.9. The first-order valence-corrected chi connectivity index (χ1v) is 11.6. The Labute approximate surface area is 181 Å². The van der Waals surface area contributed by atoms with Crippen LogP contribution >= 0.6 is 11.8 Å². The third-order valence-corrected chi connectivity index (χ3v) is 7.83. The number of halogens is 1. The summed E-state index contributed by atoms with van der Waals surface area (Å²) in [6.45, 7) is 4.05. The van der Waals surface area contributed by atoms with Gasteiger partial charge < -0.3 is 9.80 Å². The molecule has 30 heavy (non-hydrogen) atoms. The van der Waals surface area contributed by atoms with Gasteiger partial charge in [-0.15, -0.1) is 11.8 Å². The average Bonchev–Trinajstić information content (AvgIpc) is 3.18. The number of thioether (sulfide) groups is 1. The highest BCUT2D eigenvalue weighted by atomic mass is 32.2. The van der Waals surface area contributed by atoms with Crippen LogP contribution < -0.4 is 0 Å². The first-order valence-electron chi connectivity index (χ1n) is 10.6. The van der Waals surface area contributed by atoms with E-state index in [-0.39, 0.29) is 28.4 Å². The summed E-state index contributed by atoms with van der Waals surface area (Å²) in [6, 6.07) is 15.7. The topological polar surface area (TPSA) is 40.6 Å². The first-order chi connectivity index (χ1) is 14.5. The molecule has 2 amide bonds. The Morgan fingerprint density at radius 2 is 1.70 bits per heavy atom. The maximum atomic E-state index is 13.2. The van der Waals surface area contributed by atoms with Crippen molar-refractivity contribution in [2.45, 2.75) is 37.0 Å². The maximum absolute atomic E-state index is 13.2. The maximum Gasteiger partial charge on any atom is 0.254 e. The van der Waals surface area contributed by atoms with Crippen LogP contribution in [0.3, 0.4) is 0 Å². The summed E-state index contributed by atoms with van der Waals surface area (Å²) in [7, 11) is 0. The lowest BCUT2D eigenvalue weighted by atomic mass is 9.93. The Balaban J connectivity index is 1.45. The van der Waals surface area contributed by atoms with Gasteiger partial charge in [-0.1, -0.05) is 37.3 Å². The van der Waals surface area contributed by atoms with Gasteiger partial charge in [0.05, 0.1) is 10.8 Å². The van der Waals surface area contributed by atoms with E-state index in [0.717, 1.165) is 30.6 Å². The number of carbonyl (C=O) groups excluding carboxylic acids is 2. The van der Waals surface area contributed by atoms with Crippen molar-refractivity contribution in [3.63, 3.8) is 0 Å². The predicted octanol–water partition coefficient (Wildman–Crippen LogP) is 4.53. The summed E-state index contributed by atoms with van der Waals surface area (Å²) in [5.74, 6) is 0.567. The van der Waals surface area contributed by atoms with Crippen LogP contribution in [0.5, 0.6) is 0 Å². The standard InChI is InChI=1S/C24H27FN2O2S/c1-2-21(18-6-4-3-5-7-18)23(29)26-14-12-24(13-15-26)27(16-17-30-24)22(28)19-8-10-20(25)11-9-19/h3-11,21H,2,12-17H2,1H3/t21-/m0/s1. The van der Waals surface area contributed by atoms with Crippen LogP contribution in [0.4, 0.5) is 4.39 Å². The fourth-order valence-corrected chi connectivity index (χ4v) is 6.05. The van der Waals surface area contributed by atoms with Crippen LogP contribution in [-0.2, 0) is 4.79 Å². The van der Waals surface area contributed by atoms with E-state index < -0.39 is 0 Å².